The molecule has 1 aliphatic rings. The smallest absolute Gasteiger partial charge is 0.407 e. The number of alkyl carbamates (subject to hydrolysis) is 1. The van der Waals surface area contributed by atoms with Crippen molar-refractivity contribution in [3.8, 4) is 16.9 Å². The van der Waals surface area contributed by atoms with Crippen LogP contribution in [0.5, 0.6) is 5.75 Å². The minimum atomic E-state index is -1.11. The van der Waals surface area contributed by atoms with Crippen molar-refractivity contribution in [2.45, 2.75) is 25.0 Å². The molecule has 1 amide bonds. The Balaban J connectivity index is 1.30. The number of rotatable bonds is 7. The summed E-state index contributed by atoms with van der Waals surface area (Å²) in [6, 6.07) is 24.2. The van der Waals surface area contributed by atoms with Crippen LogP contribution >= 0.6 is 0 Å². The fraction of sp³-hybridized carbons (Fsp3) is 0.200. The first kappa shape index (κ1) is 20.5. The Morgan fingerprint density at radius 1 is 1.00 bits per heavy atom. The normalized spacial score (nSPS) is 15.4. The van der Waals surface area contributed by atoms with Crippen LogP contribution in [0.3, 0.4) is 0 Å². The average Bonchev–Trinajstić information content (AvgIpc) is 3.21. The third kappa shape index (κ3) is 5.22. The van der Waals surface area contributed by atoms with Gasteiger partial charge in [0, 0.05) is 12.8 Å². The zero-order chi connectivity index (χ0) is 21.6. The van der Waals surface area contributed by atoms with Crippen LogP contribution < -0.4 is 10.1 Å². The van der Waals surface area contributed by atoms with Crippen molar-refractivity contribution >= 4 is 12.1 Å². The average molecular weight is 417 g/mol. The monoisotopic (exact) mass is 417 g/mol. The molecule has 4 rings (SSSR count). The zero-order valence-corrected chi connectivity index (χ0v) is 16.9. The second-order valence-corrected chi connectivity index (χ2v) is 7.46. The number of carbonyl (C=O) groups is 2. The van der Waals surface area contributed by atoms with E-state index in [1.807, 2.05) is 60.7 Å². The largest absolute Gasteiger partial charge is 0.486 e. The molecule has 3 aromatic rings. The Hall–Kier alpha value is -3.80. The summed E-state index contributed by atoms with van der Waals surface area (Å²) in [5.74, 6) is -0.333. The fourth-order valence-corrected chi connectivity index (χ4v) is 3.63. The summed E-state index contributed by atoms with van der Waals surface area (Å²) in [5.41, 5.74) is 4.11. The Morgan fingerprint density at radius 3 is 2.42 bits per heavy atom. The Bertz CT molecular complexity index is 1050. The molecule has 2 atom stereocenters. The van der Waals surface area contributed by atoms with Crippen LogP contribution in [0.4, 0.5) is 4.79 Å². The zero-order valence-electron chi connectivity index (χ0n) is 16.9. The molecule has 6 nitrogen and oxygen atoms in total. The van der Waals surface area contributed by atoms with Crippen LogP contribution in [0, 0.1) is 0 Å². The molecule has 6 heteroatoms. The highest BCUT2D eigenvalue weighted by molar-refractivity contribution is 5.80. The molecule has 0 saturated carbocycles. The van der Waals surface area contributed by atoms with E-state index < -0.39 is 18.1 Å². The molecule has 0 fully saturated rings. The first-order valence-corrected chi connectivity index (χ1v) is 10.1. The van der Waals surface area contributed by atoms with Gasteiger partial charge in [0.05, 0.1) is 0 Å². The van der Waals surface area contributed by atoms with Gasteiger partial charge in [-0.25, -0.2) is 9.59 Å². The number of carboxylic acids is 1. The number of hydrogen-bond acceptors (Lipinski definition) is 4. The van der Waals surface area contributed by atoms with Crippen LogP contribution in [-0.4, -0.2) is 35.9 Å². The lowest BCUT2D eigenvalue weighted by atomic mass is 10.0. The minimum absolute atomic E-state index is 0.0405. The number of carbonyl (C=O) groups excluding carboxylic acids is 1. The van der Waals surface area contributed by atoms with E-state index in [0.29, 0.717) is 6.42 Å². The Kier molecular flexibility index (Phi) is 6.17. The van der Waals surface area contributed by atoms with Gasteiger partial charge in [-0.3, -0.25) is 0 Å². The summed E-state index contributed by atoms with van der Waals surface area (Å²) in [4.78, 5) is 23.7. The molecular formula is C25H23NO5. The van der Waals surface area contributed by atoms with Gasteiger partial charge >= 0.3 is 12.1 Å². The minimum Gasteiger partial charge on any atom is -0.486 e. The van der Waals surface area contributed by atoms with Gasteiger partial charge in [0.15, 0.2) is 0 Å². The van der Waals surface area contributed by atoms with E-state index in [0.717, 1.165) is 28.0 Å². The standard InChI is InChI=1S/C25H23NO5/c27-24(28)22(13-17-7-3-1-4-8-17)26-25(29)30-16-21-15-20-14-19(11-12-23(20)31-21)18-9-5-2-6-10-18/h1-12,14,21-22H,13,15-16H2,(H,26,29)(H,27,28)/t21?,22-/m1/s1. The van der Waals surface area contributed by atoms with Crippen LogP contribution in [0.15, 0.2) is 78.9 Å². The molecular weight excluding hydrogens is 394 g/mol. The number of aliphatic carboxylic acids is 1. The van der Waals surface area contributed by atoms with E-state index in [2.05, 4.69) is 23.5 Å². The van der Waals surface area contributed by atoms with Crippen molar-refractivity contribution in [1.29, 1.82) is 0 Å². The molecule has 0 radical (unpaired) electrons. The molecule has 3 aromatic carbocycles. The summed E-state index contributed by atoms with van der Waals surface area (Å²) < 4.78 is 11.1. The second kappa shape index (κ2) is 9.34. The maximum Gasteiger partial charge on any atom is 0.407 e. The van der Waals surface area contributed by atoms with E-state index in [-0.39, 0.29) is 19.1 Å². The van der Waals surface area contributed by atoms with Crippen molar-refractivity contribution < 1.29 is 24.2 Å². The van der Waals surface area contributed by atoms with Gasteiger partial charge < -0.3 is 19.9 Å². The van der Waals surface area contributed by atoms with E-state index in [1.54, 1.807) is 0 Å². The molecule has 0 bridgehead atoms. The molecule has 0 spiro atoms. The molecule has 2 N–H and O–H groups in total. The van der Waals surface area contributed by atoms with E-state index in [9.17, 15) is 14.7 Å². The molecule has 1 unspecified atom stereocenters. The number of fused-ring (bicyclic) bond motifs is 1. The fourth-order valence-electron chi connectivity index (χ4n) is 3.63. The lowest BCUT2D eigenvalue weighted by Crippen LogP contribution is -2.43. The van der Waals surface area contributed by atoms with Gasteiger partial charge in [0.25, 0.3) is 0 Å². The lowest BCUT2D eigenvalue weighted by Gasteiger charge is -2.16. The van der Waals surface area contributed by atoms with Crippen LogP contribution in [-0.2, 0) is 22.4 Å². The molecule has 31 heavy (non-hydrogen) atoms. The first-order chi connectivity index (χ1) is 15.1. The highest BCUT2D eigenvalue weighted by Crippen LogP contribution is 2.33. The highest BCUT2D eigenvalue weighted by Gasteiger charge is 2.26. The summed E-state index contributed by atoms with van der Waals surface area (Å²) in [6.45, 7) is 0.0405. The summed E-state index contributed by atoms with van der Waals surface area (Å²) in [7, 11) is 0. The number of carboxylic acid groups (broad SMARTS) is 1. The van der Waals surface area contributed by atoms with Crippen LogP contribution in [0.25, 0.3) is 11.1 Å². The van der Waals surface area contributed by atoms with Crippen LogP contribution in [0.1, 0.15) is 11.1 Å². The Labute approximate surface area is 180 Å². The van der Waals surface area contributed by atoms with Gasteiger partial charge in [-0.05, 0) is 34.4 Å². The van der Waals surface area contributed by atoms with E-state index in [4.69, 9.17) is 9.47 Å². The van der Waals surface area contributed by atoms with Crippen molar-refractivity contribution in [2.75, 3.05) is 6.61 Å². The topological polar surface area (TPSA) is 84.9 Å². The number of benzene rings is 3. The van der Waals surface area contributed by atoms with Crippen molar-refractivity contribution in [1.82, 2.24) is 5.32 Å². The number of nitrogens with one attached hydrogen (secondary N) is 1. The predicted octanol–water partition coefficient (Wildman–Crippen LogP) is 4.08. The number of amides is 1. The van der Waals surface area contributed by atoms with Crippen molar-refractivity contribution in [2.24, 2.45) is 0 Å². The molecule has 1 aliphatic heterocycles. The highest BCUT2D eigenvalue weighted by atomic mass is 16.6. The summed E-state index contributed by atoms with van der Waals surface area (Å²) in [5, 5.41) is 11.8. The molecule has 158 valence electrons. The Morgan fingerprint density at radius 2 is 1.71 bits per heavy atom. The third-order valence-electron chi connectivity index (χ3n) is 5.18. The maximum absolute atomic E-state index is 12.2. The lowest BCUT2D eigenvalue weighted by molar-refractivity contribution is -0.139. The predicted molar refractivity (Wildman–Crippen MR) is 116 cm³/mol. The van der Waals surface area contributed by atoms with Gasteiger partial charge in [0.2, 0.25) is 0 Å². The summed E-state index contributed by atoms with van der Waals surface area (Å²) in [6.07, 6.45) is -0.272. The van der Waals surface area contributed by atoms with Gasteiger partial charge in [-0.1, -0.05) is 66.7 Å². The number of hydrogen-bond donors (Lipinski definition) is 2. The van der Waals surface area contributed by atoms with Crippen molar-refractivity contribution in [3.63, 3.8) is 0 Å². The number of ether oxygens (including phenoxy) is 2. The van der Waals surface area contributed by atoms with E-state index in [1.165, 1.54) is 0 Å². The summed E-state index contributed by atoms with van der Waals surface area (Å²) >= 11 is 0. The second-order valence-electron chi connectivity index (χ2n) is 7.46. The molecule has 0 aliphatic carbocycles. The van der Waals surface area contributed by atoms with Crippen molar-refractivity contribution in [3.05, 3.63) is 90.0 Å². The SMILES string of the molecule is O=C(N[C@H](Cc1ccccc1)C(=O)O)OCC1Cc2cc(-c3ccccc3)ccc2O1. The molecule has 0 saturated heterocycles. The van der Waals surface area contributed by atoms with Gasteiger partial charge in [-0.2, -0.15) is 0 Å². The van der Waals surface area contributed by atoms with E-state index >= 15 is 0 Å². The third-order valence-corrected chi connectivity index (χ3v) is 5.18. The van der Waals surface area contributed by atoms with Crippen LogP contribution in [0.2, 0.25) is 0 Å². The van der Waals surface area contributed by atoms with Gasteiger partial charge in [0.1, 0.15) is 24.5 Å². The molecule has 1 heterocycles. The molecule has 0 aromatic heterocycles. The maximum atomic E-state index is 12.2. The first-order valence-electron chi connectivity index (χ1n) is 10.1. The van der Waals surface area contributed by atoms with Gasteiger partial charge in [-0.15, -0.1) is 0 Å². The quantitative estimate of drug-likeness (QED) is 0.605.